The molecule has 1 aliphatic rings. The van der Waals surface area contributed by atoms with Crippen LogP contribution in [0, 0.1) is 0 Å². The predicted octanol–water partition coefficient (Wildman–Crippen LogP) is 2.66. The first kappa shape index (κ1) is 19.2. The van der Waals surface area contributed by atoms with E-state index in [4.69, 9.17) is 18.6 Å². The van der Waals surface area contributed by atoms with Crippen LogP contribution in [0.5, 0.6) is 11.5 Å². The van der Waals surface area contributed by atoms with Crippen molar-refractivity contribution in [1.82, 2.24) is 5.43 Å². The van der Waals surface area contributed by atoms with E-state index >= 15 is 0 Å². The summed E-state index contributed by atoms with van der Waals surface area (Å²) in [5.74, 6) is 1.90. The van der Waals surface area contributed by atoms with Gasteiger partial charge in [-0.15, -0.1) is 0 Å². The molecule has 8 nitrogen and oxygen atoms in total. The van der Waals surface area contributed by atoms with Crippen molar-refractivity contribution < 1.29 is 23.4 Å². The van der Waals surface area contributed by atoms with Crippen LogP contribution in [0.4, 0.5) is 5.88 Å². The number of furan rings is 1. The van der Waals surface area contributed by atoms with Crippen LogP contribution >= 0.6 is 15.9 Å². The lowest BCUT2D eigenvalue weighted by atomic mass is 10.2. The Morgan fingerprint density at radius 2 is 1.85 bits per heavy atom. The van der Waals surface area contributed by atoms with Crippen LogP contribution in [0.2, 0.25) is 0 Å². The molecule has 1 fully saturated rings. The summed E-state index contributed by atoms with van der Waals surface area (Å²) in [6.07, 6.45) is 1.45. The van der Waals surface area contributed by atoms with Crippen molar-refractivity contribution in [3.63, 3.8) is 0 Å². The number of nitrogens with zero attached hydrogens (tertiary/aromatic N) is 2. The number of halogens is 1. The number of anilines is 1. The fourth-order valence-electron chi connectivity index (χ4n) is 2.58. The van der Waals surface area contributed by atoms with Crippen LogP contribution in [0.15, 0.2) is 38.3 Å². The molecule has 0 aliphatic carbocycles. The Hall–Kier alpha value is -2.52. The van der Waals surface area contributed by atoms with Crippen LogP contribution in [0.3, 0.4) is 0 Å². The van der Waals surface area contributed by atoms with Crippen LogP contribution < -0.4 is 19.8 Å². The average molecular weight is 438 g/mol. The second-order valence-corrected chi connectivity index (χ2v) is 6.56. The summed E-state index contributed by atoms with van der Waals surface area (Å²) in [5, 5.41) is 3.96. The third-order valence-corrected chi connectivity index (χ3v) is 4.53. The van der Waals surface area contributed by atoms with Gasteiger partial charge in [0.1, 0.15) is 11.5 Å². The molecule has 1 saturated heterocycles. The molecule has 1 amide bonds. The zero-order chi connectivity index (χ0) is 19.2. The number of ether oxygens (including phenoxy) is 3. The monoisotopic (exact) mass is 437 g/mol. The van der Waals surface area contributed by atoms with Gasteiger partial charge >= 0.3 is 0 Å². The second-order valence-electron chi connectivity index (χ2n) is 5.70. The number of nitrogens with one attached hydrogen (secondary N) is 1. The number of hydrazone groups is 1. The highest BCUT2D eigenvalue weighted by Gasteiger charge is 2.18. The third-order valence-electron chi connectivity index (χ3n) is 3.96. The number of amides is 1. The lowest BCUT2D eigenvalue weighted by Crippen LogP contribution is -2.36. The van der Waals surface area contributed by atoms with Crippen LogP contribution in [-0.2, 0) is 4.74 Å². The van der Waals surface area contributed by atoms with Crippen molar-refractivity contribution in [3.05, 3.63) is 40.1 Å². The molecule has 0 spiro atoms. The molecule has 0 bridgehead atoms. The summed E-state index contributed by atoms with van der Waals surface area (Å²) in [7, 11) is 3.05. The summed E-state index contributed by atoms with van der Waals surface area (Å²) in [4.78, 5) is 14.4. The Labute approximate surface area is 165 Å². The van der Waals surface area contributed by atoms with Gasteiger partial charge in [0.25, 0.3) is 5.91 Å². The number of hydrogen-bond donors (Lipinski definition) is 1. The van der Waals surface area contributed by atoms with E-state index < -0.39 is 0 Å². The highest BCUT2D eigenvalue weighted by molar-refractivity contribution is 9.10. The summed E-state index contributed by atoms with van der Waals surface area (Å²) in [5.41, 5.74) is 2.84. The first-order valence-corrected chi connectivity index (χ1v) is 9.08. The maximum Gasteiger partial charge on any atom is 0.271 e. The van der Waals surface area contributed by atoms with Gasteiger partial charge in [0.05, 0.1) is 38.1 Å². The van der Waals surface area contributed by atoms with Crippen molar-refractivity contribution in [2.45, 2.75) is 0 Å². The number of benzene rings is 1. The maximum absolute atomic E-state index is 12.3. The fraction of sp³-hybridized carbons (Fsp3) is 0.333. The number of hydrogen-bond acceptors (Lipinski definition) is 7. The maximum atomic E-state index is 12.3. The topological polar surface area (TPSA) is 85.5 Å². The molecule has 27 heavy (non-hydrogen) atoms. The molecule has 0 unspecified atom stereocenters. The van der Waals surface area contributed by atoms with E-state index in [2.05, 4.69) is 31.4 Å². The van der Waals surface area contributed by atoms with Gasteiger partial charge in [-0.05, 0) is 28.1 Å². The fourth-order valence-corrected chi connectivity index (χ4v) is 3.14. The molecular weight excluding hydrogens is 418 g/mol. The molecule has 9 heteroatoms. The summed E-state index contributed by atoms with van der Waals surface area (Å²) in [6.45, 7) is 2.85. The van der Waals surface area contributed by atoms with Gasteiger partial charge in [0.15, 0.2) is 5.76 Å². The number of methoxy groups -OCH3 is 2. The Kier molecular flexibility index (Phi) is 6.36. The number of carbonyl (C=O) groups is 1. The standard InChI is InChI=1S/C18H20BrN3O5/c1-24-13-7-12(8-14(9-13)25-2)17(23)21-20-11-15-10-16(19)18(27-15)22-3-5-26-6-4-22/h7-11H,3-6H2,1-2H3,(H,21,23). The molecular formula is C18H20BrN3O5. The molecule has 1 N–H and O–H groups in total. The molecule has 2 heterocycles. The van der Waals surface area contributed by atoms with Crippen molar-refractivity contribution >= 4 is 33.9 Å². The minimum Gasteiger partial charge on any atom is -0.497 e. The third kappa shape index (κ3) is 4.81. The lowest BCUT2D eigenvalue weighted by Gasteiger charge is -2.26. The Bertz CT molecular complexity index is 808. The van der Waals surface area contributed by atoms with E-state index in [-0.39, 0.29) is 5.91 Å². The quantitative estimate of drug-likeness (QED) is 0.552. The predicted molar refractivity (Wildman–Crippen MR) is 104 cm³/mol. The zero-order valence-electron chi connectivity index (χ0n) is 15.0. The molecule has 1 aromatic heterocycles. The Morgan fingerprint density at radius 1 is 1.19 bits per heavy atom. The van der Waals surface area contributed by atoms with E-state index in [1.807, 2.05) is 0 Å². The molecule has 3 rings (SSSR count). The molecule has 0 radical (unpaired) electrons. The Balaban J connectivity index is 1.66. The molecule has 0 saturated carbocycles. The largest absolute Gasteiger partial charge is 0.497 e. The van der Waals surface area contributed by atoms with Gasteiger partial charge in [-0.2, -0.15) is 5.10 Å². The van der Waals surface area contributed by atoms with E-state index in [1.165, 1.54) is 20.4 Å². The van der Waals surface area contributed by atoms with Crippen LogP contribution in [-0.4, -0.2) is 52.6 Å². The molecule has 0 atom stereocenters. The van der Waals surface area contributed by atoms with Crippen molar-refractivity contribution in [2.24, 2.45) is 5.10 Å². The number of rotatable bonds is 6. The summed E-state index contributed by atoms with van der Waals surface area (Å²) >= 11 is 3.49. The van der Waals surface area contributed by atoms with E-state index in [0.29, 0.717) is 36.0 Å². The first-order chi connectivity index (χ1) is 13.1. The van der Waals surface area contributed by atoms with Gasteiger partial charge in [-0.25, -0.2) is 5.43 Å². The SMILES string of the molecule is COc1cc(OC)cc(C(=O)NN=Cc2cc(Br)c(N3CCOCC3)o2)c1. The minimum absolute atomic E-state index is 0.373. The first-order valence-electron chi connectivity index (χ1n) is 8.29. The van der Waals surface area contributed by atoms with Gasteiger partial charge < -0.3 is 23.5 Å². The van der Waals surface area contributed by atoms with Gasteiger partial charge in [-0.1, -0.05) is 0 Å². The van der Waals surface area contributed by atoms with Crippen molar-refractivity contribution in [2.75, 3.05) is 45.4 Å². The van der Waals surface area contributed by atoms with Crippen molar-refractivity contribution in [3.8, 4) is 11.5 Å². The average Bonchev–Trinajstić information content (AvgIpc) is 3.08. The minimum atomic E-state index is -0.387. The lowest BCUT2D eigenvalue weighted by molar-refractivity contribution is 0.0954. The summed E-state index contributed by atoms with van der Waals surface area (Å²) < 4.78 is 22.3. The highest BCUT2D eigenvalue weighted by Crippen LogP contribution is 2.30. The highest BCUT2D eigenvalue weighted by atomic mass is 79.9. The van der Waals surface area contributed by atoms with E-state index in [0.717, 1.165) is 23.4 Å². The Morgan fingerprint density at radius 3 is 2.48 bits per heavy atom. The second kappa shape index (κ2) is 8.92. The molecule has 1 aliphatic heterocycles. The van der Waals surface area contributed by atoms with E-state index in [9.17, 15) is 4.79 Å². The zero-order valence-corrected chi connectivity index (χ0v) is 16.6. The molecule has 144 valence electrons. The normalized spacial score (nSPS) is 14.4. The molecule has 2 aromatic rings. The van der Waals surface area contributed by atoms with Gasteiger partial charge in [0, 0.05) is 30.8 Å². The number of morpholine rings is 1. The molecule has 1 aromatic carbocycles. The number of carbonyl (C=O) groups excluding carboxylic acids is 1. The summed E-state index contributed by atoms with van der Waals surface area (Å²) in [6, 6.07) is 6.70. The van der Waals surface area contributed by atoms with E-state index in [1.54, 1.807) is 24.3 Å². The van der Waals surface area contributed by atoms with Crippen LogP contribution in [0.1, 0.15) is 16.1 Å². The smallest absolute Gasteiger partial charge is 0.271 e. The van der Waals surface area contributed by atoms with Gasteiger partial charge in [0.2, 0.25) is 5.88 Å². The van der Waals surface area contributed by atoms with Gasteiger partial charge in [-0.3, -0.25) is 4.79 Å². The van der Waals surface area contributed by atoms with Crippen molar-refractivity contribution in [1.29, 1.82) is 0 Å². The van der Waals surface area contributed by atoms with Crippen LogP contribution in [0.25, 0.3) is 0 Å².